The van der Waals surface area contributed by atoms with Gasteiger partial charge in [0.1, 0.15) is 5.82 Å². The van der Waals surface area contributed by atoms with Gasteiger partial charge >= 0.3 is 0 Å². The number of fused-ring (bicyclic) bond motifs is 1. The normalized spacial score (nSPS) is 12.5. The number of aromatic amines is 1. The lowest BCUT2D eigenvalue weighted by molar-refractivity contribution is 0.321. The van der Waals surface area contributed by atoms with E-state index in [2.05, 4.69) is 66.2 Å². The fourth-order valence-corrected chi connectivity index (χ4v) is 2.46. The molecule has 1 heterocycles. The highest BCUT2D eigenvalue weighted by Gasteiger charge is 2.11. The van der Waals surface area contributed by atoms with Crippen LogP contribution in [0.25, 0.3) is 22.4 Å². The van der Waals surface area contributed by atoms with Crippen LogP contribution < -0.4 is 0 Å². The second kappa shape index (κ2) is 5.63. The Morgan fingerprint density at radius 2 is 2.00 bits per heavy atom. The maximum Gasteiger partial charge on any atom is 0.138 e. The molecule has 0 aliphatic carbocycles. The van der Waals surface area contributed by atoms with Crippen molar-refractivity contribution in [3.63, 3.8) is 0 Å². The van der Waals surface area contributed by atoms with E-state index in [1.54, 1.807) is 6.07 Å². The molecule has 0 amide bonds. The van der Waals surface area contributed by atoms with Crippen LogP contribution in [0.1, 0.15) is 24.1 Å². The lowest BCUT2D eigenvalue weighted by Gasteiger charge is -2.20. The highest BCUT2D eigenvalue weighted by Crippen LogP contribution is 2.25. The molecule has 22 heavy (non-hydrogen) atoms. The number of H-pyrrole nitrogens is 1. The molecule has 0 bridgehead atoms. The number of imidazole rings is 1. The molecule has 1 N–H and O–H groups in total. The largest absolute Gasteiger partial charge is 0.338 e. The molecule has 0 aliphatic rings. The molecule has 2 aromatic carbocycles. The van der Waals surface area contributed by atoms with Crippen molar-refractivity contribution < 1.29 is 0 Å². The van der Waals surface area contributed by atoms with Crippen LogP contribution in [0.4, 0.5) is 0 Å². The molecule has 3 aromatic rings. The predicted octanol–water partition coefficient (Wildman–Crippen LogP) is 3.72. The first kappa shape index (κ1) is 14.3. The van der Waals surface area contributed by atoms with E-state index in [1.807, 2.05) is 12.1 Å². The molecular formula is C18H18N4. The third-order valence-corrected chi connectivity index (χ3v) is 4.03. The lowest BCUT2D eigenvalue weighted by Crippen LogP contribution is -2.16. The van der Waals surface area contributed by atoms with Crippen LogP contribution in [-0.2, 0) is 0 Å². The van der Waals surface area contributed by atoms with E-state index in [0.29, 0.717) is 11.6 Å². The van der Waals surface area contributed by atoms with Gasteiger partial charge in [-0.2, -0.15) is 5.26 Å². The molecule has 0 spiro atoms. The van der Waals surface area contributed by atoms with Gasteiger partial charge in [0.2, 0.25) is 0 Å². The van der Waals surface area contributed by atoms with Crippen LogP contribution >= 0.6 is 0 Å². The molecule has 0 aliphatic heterocycles. The van der Waals surface area contributed by atoms with E-state index in [9.17, 15) is 0 Å². The van der Waals surface area contributed by atoms with Gasteiger partial charge in [-0.15, -0.1) is 0 Å². The minimum absolute atomic E-state index is 0.342. The predicted molar refractivity (Wildman–Crippen MR) is 88.3 cm³/mol. The van der Waals surface area contributed by atoms with E-state index in [-0.39, 0.29) is 0 Å². The first-order chi connectivity index (χ1) is 10.6. The average Bonchev–Trinajstić information content (AvgIpc) is 2.97. The SMILES string of the molecule is C[C@@H](c1cccc(-c2nc3ccc(C#N)cc3[nH]2)c1)N(C)C. The number of hydrogen-bond donors (Lipinski definition) is 1. The van der Waals surface area contributed by atoms with E-state index in [0.717, 1.165) is 22.4 Å². The number of nitrogens with one attached hydrogen (secondary N) is 1. The summed E-state index contributed by atoms with van der Waals surface area (Å²) in [6.07, 6.45) is 0. The molecule has 0 unspecified atom stereocenters. The number of hydrogen-bond acceptors (Lipinski definition) is 3. The highest BCUT2D eigenvalue weighted by atomic mass is 15.1. The summed E-state index contributed by atoms with van der Waals surface area (Å²) in [4.78, 5) is 10.1. The van der Waals surface area contributed by atoms with Crippen molar-refractivity contribution in [1.29, 1.82) is 5.26 Å². The number of nitrogens with zero attached hydrogens (tertiary/aromatic N) is 3. The van der Waals surface area contributed by atoms with Crippen molar-refractivity contribution in [2.45, 2.75) is 13.0 Å². The monoisotopic (exact) mass is 290 g/mol. The molecule has 1 atom stereocenters. The molecule has 0 fully saturated rings. The fraction of sp³-hybridized carbons (Fsp3) is 0.222. The molecular weight excluding hydrogens is 272 g/mol. The summed E-state index contributed by atoms with van der Waals surface area (Å²) in [5.74, 6) is 0.831. The fourth-order valence-electron chi connectivity index (χ4n) is 2.46. The van der Waals surface area contributed by atoms with Crippen LogP contribution in [0, 0.1) is 11.3 Å². The van der Waals surface area contributed by atoms with Crippen LogP contribution in [0.2, 0.25) is 0 Å². The molecule has 0 saturated carbocycles. The van der Waals surface area contributed by atoms with Crippen molar-refractivity contribution in [2.75, 3.05) is 14.1 Å². The molecule has 110 valence electrons. The van der Waals surface area contributed by atoms with Crippen molar-refractivity contribution in [3.8, 4) is 17.5 Å². The van der Waals surface area contributed by atoms with E-state index < -0.39 is 0 Å². The molecule has 0 saturated heterocycles. The van der Waals surface area contributed by atoms with Crippen molar-refractivity contribution in [3.05, 3.63) is 53.6 Å². The number of rotatable bonds is 3. The van der Waals surface area contributed by atoms with Gasteiger partial charge in [-0.1, -0.05) is 18.2 Å². The zero-order valence-electron chi connectivity index (χ0n) is 13.0. The average molecular weight is 290 g/mol. The quantitative estimate of drug-likeness (QED) is 0.799. The number of aromatic nitrogens is 2. The molecule has 0 radical (unpaired) electrons. The van der Waals surface area contributed by atoms with E-state index >= 15 is 0 Å². The van der Waals surface area contributed by atoms with Crippen molar-refractivity contribution >= 4 is 11.0 Å². The Balaban J connectivity index is 2.04. The van der Waals surface area contributed by atoms with Gasteiger partial charge in [-0.25, -0.2) is 4.98 Å². The van der Waals surface area contributed by atoms with Crippen LogP contribution in [0.15, 0.2) is 42.5 Å². The Hall–Kier alpha value is -2.64. The highest BCUT2D eigenvalue weighted by molar-refractivity contribution is 5.80. The first-order valence-electron chi connectivity index (χ1n) is 7.25. The summed E-state index contributed by atoms with van der Waals surface area (Å²) in [7, 11) is 4.14. The summed E-state index contributed by atoms with van der Waals surface area (Å²) in [5.41, 5.74) is 4.71. The maximum atomic E-state index is 8.98. The summed E-state index contributed by atoms with van der Waals surface area (Å²) < 4.78 is 0. The second-order valence-corrected chi connectivity index (χ2v) is 5.69. The molecule has 1 aromatic heterocycles. The molecule has 3 rings (SSSR count). The third kappa shape index (κ3) is 2.59. The van der Waals surface area contributed by atoms with E-state index in [4.69, 9.17) is 5.26 Å². The Kier molecular flexibility index (Phi) is 3.66. The molecule has 4 nitrogen and oxygen atoms in total. The first-order valence-corrected chi connectivity index (χ1v) is 7.25. The topological polar surface area (TPSA) is 55.7 Å². The number of benzene rings is 2. The van der Waals surface area contributed by atoms with Gasteiger partial charge in [-0.05, 0) is 50.8 Å². The van der Waals surface area contributed by atoms with Gasteiger partial charge in [0, 0.05) is 11.6 Å². The third-order valence-electron chi connectivity index (χ3n) is 4.03. The van der Waals surface area contributed by atoms with Gasteiger partial charge in [-0.3, -0.25) is 0 Å². The van der Waals surface area contributed by atoms with Crippen molar-refractivity contribution in [1.82, 2.24) is 14.9 Å². The van der Waals surface area contributed by atoms with Crippen LogP contribution in [-0.4, -0.2) is 29.0 Å². The summed E-state index contributed by atoms with van der Waals surface area (Å²) in [6.45, 7) is 2.18. The molecule has 4 heteroatoms. The Bertz CT molecular complexity index is 855. The lowest BCUT2D eigenvalue weighted by atomic mass is 10.0. The smallest absolute Gasteiger partial charge is 0.138 e. The summed E-state index contributed by atoms with van der Waals surface area (Å²) >= 11 is 0. The van der Waals surface area contributed by atoms with Gasteiger partial charge < -0.3 is 9.88 Å². The minimum Gasteiger partial charge on any atom is -0.338 e. The second-order valence-electron chi connectivity index (χ2n) is 5.69. The standard InChI is InChI=1S/C18H18N4/c1-12(22(2)3)14-5-4-6-15(10-14)18-20-16-8-7-13(11-19)9-17(16)21-18/h4-10,12H,1-3H3,(H,20,21)/t12-/m0/s1. The zero-order chi connectivity index (χ0) is 15.7. The number of nitriles is 1. The van der Waals surface area contributed by atoms with Gasteiger partial charge in [0.15, 0.2) is 0 Å². The van der Waals surface area contributed by atoms with Crippen LogP contribution in [0.5, 0.6) is 0 Å². The Labute approximate surface area is 130 Å². The van der Waals surface area contributed by atoms with Gasteiger partial charge in [0.25, 0.3) is 0 Å². The zero-order valence-corrected chi connectivity index (χ0v) is 13.0. The Morgan fingerprint density at radius 1 is 1.18 bits per heavy atom. The Morgan fingerprint density at radius 3 is 2.73 bits per heavy atom. The van der Waals surface area contributed by atoms with Gasteiger partial charge in [0.05, 0.1) is 22.7 Å². The van der Waals surface area contributed by atoms with E-state index in [1.165, 1.54) is 5.56 Å². The minimum atomic E-state index is 0.342. The maximum absolute atomic E-state index is 8.98. The summed E-state index contributed by atoms with van der Waals surface area (Å²) in [6, 6.07) is 16.4. The summed E-state index contributed by atoms with van der Waals surface area (Å²) in [5, 5.41) is 8.98. The van der Waals surface area contributed by atoms with Crippen LogP contribution in [0.3, 0.4) is 0 Å². The van der Waals surface area contributed by atoms with Crippen molar-refractivity contribution in [2.24, 2.45) is 0 Å².